The molecule has 5 heteroatoms. The van der Waals surface area contributed by atoms with E-state index in [0.29, 0.717) is 6.42 Å². The predicted molar refractivity (Wildman–Crippen MR) is 50.6 cm³/mol. The molecule has 0 aliphatic rings. The van der Waals surface area contributed by atoms with Gasteiger partial charge in [-0.15, -0.1) is 0 Å². The summed E-state index contributed by atoms with van der Waals surface area (Å²) in [6, 6.07) is -0.824. The van der Waals surface area contributed by atoms with Crippen molar-refractivity contribution in [1.29, 1.82) is 0 Å². The molecule has 1 atom stereocenters. The van der Waals surface area contributed by atoms with Crippen molar-refractivity contribution < 1.29 is 14.5 Å². The van der Waals surface area contributed by atoms with Crippen molar-refractivity contribution in [3.63, 3.8) is 0 Å². The second-order valence-electron chi connectivity index (χ2n) is 3.34. The molecule has 78 valence electrons. The van der Waals surface area contributed by atoms with Crippen LogP contribution in [0.1, 0.15) is 12.6 Å². The molecular formula is C9H16N3O2+. The third-order valence-electron chi connectivity index (χ3n) is 2.13. The smallest absolute Gasteiger partial charge is 0.320 e. The minimum absolute atomic E-state index is 0.365. The summed E-state index contributed by atoms with van der Waals surface area (Å²) in [6.07, 6.45) is 4.18. The van der Waals surface area contributed by atoms with Gasteiger partial charge in [-0.2, -0.15) is 0 Å². The maximum absolute atomic E-state index is 10.6. The first-order chi connectivity index (χ1) is 6.54. The van der Waals surface area contributed by atoms with Crippen molar-refractivity contribution in [2.75, 3.05) is 0 Å². The van der Waals surface area contributed by atoms with Crippen LogP contribution in [0.2, 0.25) is 0 Å². The minimum atomic E-state index is -0.962. The summed E-state index contributed by atoms with van der Waals surface area (Å²) in [5.74, 6) is -0.962. The number of carboxylic acids is 1. The lowest BCUT2D eigenvalue weighted by atomic mass is 10.2. The Morgan fingerprint density at radius 2 is 2.43 bits per heavy atom. The molecule has 0 aliphatic carbocycles. The molecule has 5 nitrogen and oxygen atoms in total. The van der Waals surface area contributed by atoms with Crippen molar-refractivity contribution in [2.45, 2.75) is 25.9 Å². The number of aliphatic carboxylic acids is 1. The fourth-order valence-electron chi connectivity index (χ4n) is 1.40. The predicted octanol–water partition coefficient (Wildman–Crippen LogP) is -0.713. The van der Waals surface area contributed by atoms with E-state index in [-0.39, 0.29) is 0 Å². The molecule has 0 radical (unpaired) electrons. The van der Waals surface area contributed by atoms with Crippen molar-refractivity contribution in [2.24, 2.45) is 12.8 Å². The lowest BCUT2D eigenvalue weighted by molar-refractivity contribution is -0.671. The molecule has 0 amide bonds. The molecule has 14 heavy (non-hydrogen) atoms. The minimum Gasteiger partial charge on any atom is -0.480 e. The Labute approximate surface area is 82.8 Å². The van der Waals surface area contributed by atoms with Gasteiger partial charge in [-0.05, 0) is 6.92 Å². The summed E-state index contributed by atoms with van der Waals surface area (Å²) in [7, 11) is 1.90. The maximum Gasteiger partial charge on any atom is 0.320 e. The average Bonchev–Trinajstić information content (AvgIpc) is 2.45. The van der Waals surface area contributed by atoms with Gasteiger partial charge in [-0.1, -0.05) is 0 Å². The van der Waals surface area contributed by atoms with Crippen LogP contribution in [-0.2, 0) is 24.8 Å². The average molecular weight is 198 g/mol. The van der Waals surface area contributed by atoms with Crippen LogP contribution >= 0.6 is 0 Å². The maximum atomic E-state index is 10.6. The number of nitrogens with two attached hydrogens (primary N) is 1. The van der Waals surface area contributed by atoms with E-state index >= 15 is 0 Å². The molecule has 1 aromatic heterocycles. The van der Waals surface area contributed by atoms with E-state index < -0.39 is 12.0 Å². The number of aryl methyl sites for hydroxylation is 2. The first-order valence-electron chi connectivity index (χ1n) is 4.57. The van der Waals surface area contributed by atoms with Crippen LogP contribution in [0.5, 0.6) is 0 Å². The van der Waals surface area contributed by atoms with Gasteiger partial charge in [-0.3, -0.25) is 4.79 Å². The molecule has 1 heterocycles. The topological polar surface area (TPSA) is 72.1 Å². The number of imidazole rings is 1. The summed E-state index contributed by atoms with van der Waals surface area (Å²) in [4.78, 5) is 10.6. The molecule has 0 aliphatic heterocycles. The molecule has 0 spiro atoms. The normalized spacial score (nSPS) is 12.8. The molecular weight excluding hydrogens is 182 g/mol. The van der Waals surface area contributed by atoms with Crippen molar-refractivity contribution >= 4 is 5.97 Å². The lowest BCUT2D eigenvalue weighted by Crippen LogP contribution is -2.33. The Hall–Kier alpha value is -1.36. The summed E-state index contributed by atoms with van der Waals surface area (Å²) < 4.78 is 3.89. The Morgan fingerprint density at radius 3 is 2.93 bits per heavy atom. The van der Waals surface area contributed by atoms with Crippen molar-refractivity contribution in [3.8, 4) is 0 Å². The van der Waals surface area contributed by atoms with Gasteiger partial charge in [-0.25, -0.2) is 9.13 Å². The second-order valence-corrected chi connectivity index (χ2v) is 3.34. The molecule has 1 rings (SSSR count). The van der Waals surface area contributed by atoms with Gasteiger partial charge >= 0.3 is 5.97 Å². The van der Waals surface area contributed by atoms with Crippen LogP contribution in [0.4, 0.5) is 0 Å². The van der Waals surface area contributed by atoms with E-state index in [4.69, 9.17) is 10.8 Å². The Kier molecular flexibility index (Phi) is 3.24. The number of nitrogens with zero attached hydrogens (tertiary/aromatic N) is 2. The van der Waals surface area contributed by atoms with Crippen LogP contribution in [-0.4, -0.2) is 21.7 Å². The largest absolute Gasteiger partial charge is 0.480 e. The first kappa shape index (κ1) is 10.7. The zero-order chi connectivity index (χ0) is 10.7. The first-order valence-corrected chi connectivity index (χ1v) is 4.57. The van der Waals surface area contributed by atoms with Crippen LogP contribution in [0.3, 0.4) is 0 Å². The Balaban J connectivity index is 2.79. The highest BCUT2D eigenvalue weighted by molar-refractivity contribution is 5.73. The summed E-state index contributed by atoms with van der Waals surface area (Å²) in [5, 5.41) is 8.67. The number of carbonyl (C=O) groups is 1. The highest BCUT2D eigenvalue weighted by atomic mass is 16.4. The standard InChI is InChI=1S/C9H15N3O2/c1-3-12-6-11(2)5-7(12)4-8(10)9(13)14/h5-6,8H,3-4,10H2,1-2H3/p+1/t8-/m0/s1. The SMILES string of the molecule is CCn1c[n+](C)cc1C[C@H](N)C(=O)O. The van der Waals surface area contributed by atoms with Gasteiger partial charge < -0.3 is 10.8 Å². The van der Waals surface area contributed by atoms with E-state index in [1.165, 1.54) is 0 Å². The Bertz CT molecular complexity index is 333. The highest BCUT2D eigenvalue weighted by Gasteiger charge is 2.18. The van der Waals surface area contributed by atoms with Gasteiger partial charge in [0.05, 0.1) is 13.6 Å². The third-order valence-corrected chi connectivity index (χ3v) is 2.13. The van der Waals surface area contributed by atoms with Crippen LogP contribution in [0.25, 0.3) is 0 Å². The number of aromatic nitrogens is 2. The lowest BCUT2D eigenvalue weighted by Gasteiger charge is -2.03. The third kappa shape index (κ3) is 2.32. The van der Waals surface area contributed by atoms with E-state index in [2.05, 4.69) is 0 Å². The second kappa shape index (κ2) is 4.23. The number of hydrogen-bond acceptors (Lipinski definition) is 2. The zero-order valence-corrected chi connectivity index (χ0v) is 8.47. The zero-order valence-electron chi connectivity index (χ0n) is 8.47. The molecule has 3 N–H and O–H groups in total. The monoisotopic (exact) mass is 198 g/mol. The van der Waals surface area contributed by atoms with Gasteiger partial charge in [0.1, 0.15) is 17.9 Å². The van der Waals surface area contributed by atoms with Crippen LogP contribution in [0.15, 0.2) is 12.5 Å². The van der Waals surface area contributed by atoms with Gasteiger partial charge in [0.2, 0.25) is 6.33 Å². The van der Waals surface area contributed by atoms with Crippen LogP contribution in [0, 0.1) is 0 Å². The van der Waals surface area contributed by atoms with Gasteiger partial charge in [0, 0.05) is 6.42 Å². The highest BCUT2D eigenvalue weighted by Crippen LogP contribution is 2.01. The van der Waals surface area contributed by atoms with E-state index in [1.54, 1.807) is 0 Å². The molecule has 0 unspecified atom stereocenters. The van der Waals surface area contributed by atoms with E-state index in [9.17, 15) is 4.79 Å². The van der Waals surface area contributed by atoms with Crippen LogP contribution < -0.4 is 10.3 Å². The number of carboxylic acid groups (broad SMARTS) is 1. The van der Waals surface area contributed by atoms with E-state index in [1.807, 2.05) is 35.6 Å². The molecule has 0 aromatic carbocycles. The Morgan fingerprint density at radius 1 is 1.79 bits per heavy atom. The molecule has 0 fully saturated rings. The van der Waals surface area contributed by atoms with E-state index in [0.717, 1.165) is 12.2 Å². The summed E-state index contributed by atoms with van der Waals surface area (Å²) >= 11 is 0. The van der Waals surface area contributed by atoms with Crippen molar-refractivity contribution in [3.05, 3.63) is 18.2 Å². The van der Waals surface area contributed by atoms with Crippen molar-refractivity contribution in [1.82, 2.24) is 4.57 Å². The molecule has 0 saturated carbocycles. The van der Waals surface area contributed by atoms with Gasteiger partial charge in [0.25, 0.3) is 0 Å². The summed E-state index contributed by atoms with van der Waals surface area (Å²) in [6.45, 7) is 2.83. The number of rotatable bonds is 4. The molecule has 0 saturated heterocycles. The molecule has 0 bridgehead atoms. The van der Waals surface area contributed by atoms with Gasteiger partial charge in [0.15, 0.2) is 0 Å². The fraction of sp³-hybridized carbons (Fsp3) is 0.556. The number of hydrogen-bond donors (Lipinski definition) is 2. The summed E-state index contributed by atoms with van der Waals surface area (Å²) in [5.41, 5.74) is 6.41. The molecule has 1 aromatic rings. The fourth-order valence-corrected chi connectivity index (χ4v) is 1.40. The quantitative estimate of drug-likeness (QED) is 0.628.